The van der Waals surface area contributed by atoms with E-state index in [0.29, 0.717) is 12.2 Å². The van der Waals surface area contributed by atoms with Crippen molar-refractivity contribution in [2.75, 3.05) is 39.6 Å². The van der Waals surface area contributed by atoms with Crippen molar-refractivity contribution in [3.05, 3.63) is 0 Å². The van der Waals surface area contributed by atoms with Crippen LogP contribution in [0.2, 0.25) is 0 Å². The SMILES string of the molecule is CCC1(COCCCCCCOCCCCCCOCC2(CC)OC2C)OC1C. The molecule has 0 aliphatic carbocycles. The highest BCUT2D eigenvalue weighted by Crippen LogP contribution is 2.40. The van der Waals surface area contributed by atoms with Crippen LogP contribution in [0.3, 0.4) is 0 Å². The van der Waals surface area contributed by atoms with Gasteiger partial charge in [0.15, 0.2) is 0 Å². The molecule has 2 aliphatic heterocycles. The van der Waals surface area contributed by atoms with Gasteiger partial charge in [-0.2, -0.15) is 0 Å². The molecule has 4 atom stereocenters. The second-order valence-electron chi connectivity index (χ2n) is 8.90. The van der Waals surface area contributed by atoms with E-state index in [-0.39, 0.29) is 11.2 Å². The Morgan fingerprint density at radius 3 is 1.14 bits per heavy atom. The first-order valence-electron chi connectivity index (χ1n) is 12.2. The van der Waals surface area contributed by atoms with Crippen LogP contribution in [0.15, 0.2) is 0 Å². The minimum absolute atomic E-state index is 0.0308. The smallest absolute Gasteiger partial charge is 0.117 e. The van der Waals surface area contributed by atoms with Crippen molar-refractivity contribution < 1.29 is 23.7 Å². The molecule has 172 valence electrons. The van der Waals surface area contributed by atoms with E-state index in [0.717, 1.165) is 78.2 Å². The normalized spacial score (nSPS) is 30.6. The Morgan fingerprint density at radius 2 is 0.862 bits per heavy atom. The van der Waals surface area contributed by atoms with Gasteiger partial charge in [-0.05, 0) is 52.4 Å². The van der Waals surface area contributed by atoms with E-state index in [1.165, 1.54) is 25.7 Å². The summed E-state index contributed by atoms with van der Waals surface area (Å²) in [5, 5.41) is 0. The summed E-state index contributed by atoms with van der Waals surface area (Å²) in [6, 6.07) is 0. The Bertz CT molecular complexity index is 385. The number of epoxide rings is 2. The van der Waals surface area contributed by atoms with Gasteiger partial charge >= 0.3 is 0 Å². The van der Waals surface area contributed by atoms with Crippen molar-refractivity contribution in [1.82, 2.24) is 0 Å². The molecule has 0 bridgehead atoms. The third-order valence-electron chi connectivity index (χ3n) is 6.73. The van der Waals surface area contributed by atoms with Crippen LogP contribution in [0.25, 0.3) is 0 Å². The number of rotatable bonds is 20. The summed E-state index contributed by atoms with van der Waals surface area (Å²) >= 11 is 0. The average molecular weight is 415 g/mol. The second-order valence-corrected chi connectivity index (χ2v) is 8.90. The molecular weight excluding hydrogens is 368 g/mol. The van der Waals surface area contributed by atoms with Gasteiger partial charge in [0, 0.05) is 26.4 Å². The number of hydrogen-bond acceptors (Lipinski definition) is 5. The summed E-state index contributed by atoms with van der Waals surface area (Å²) in [5.41, 5.74) is 0.0615. The van der Waals surface area contributed by atoms with Gasteiger partial charge in [-0.15, -0.1) is 0 Å². The van der Waals surface area contributed by atoms with Crippen molar-refractivity contribution in [1.29, 1.82) is 0 Å². The van der Waals surface area contributed by atoms with E-state index in [2.05, 4.69) is 27.7 Å². The van der Waals surface area contributed by atoms with Crippen LogP contribution < -0.4 is 0 Å². The number of ether oxygens (including phenoxy) is 5. The predicted octanol–water partition coefficient (Wildman–Crippen LogP) is 5.29. The quantitative estimate of drug-likeness (QED) is 0.200. The van der Waals surface area contributed by atoms with Crippen LogP contribution >= 0.6 is 0 Å². The fourth-order valence-electron chi connectivity index (χ4n) is 4.00. The van der Waals surface area contributed by atoms with Gasteiger partial charge in [0.1, 0.15) is 11.2 Å². The average Bonchev–Trinajstić information content (AvgIpc) is 3.59. The third-order valence-corrected chi connectivity index (χ3v) is 6.73. The summed E-state index contributed by atoms with van der Waals surface area (Å²) < 4.78 is 28.6. The molecule has 29 heavy (non-hydrogen) atoms. The Kier molecular flexibility index (Phi) is 11.5. The van der Waals surface area contributed by atoms with E-state index >= 15 is 0 Å². The second kappa shape index (κ2) is 13.3. The van der Waals surface area contributed by atoms with Crippen LogP contribution in [0.4, 0.5) is 0 Å². The Morgan fingerprint density at radius 1 is 0.552 bits per heavy atom. The van der Waals surface area contributed by atoms with Crippen LogP contribution in [0, 0.1) is 0 Å². The fourth-order valence-corrected chi connectivity index (χ4v) is 4.00. The van der Waals surface area contributed by atoms with Gasteiger partial charge in [0.2, 0.25) is 0 Å². The molecule has 2 heterocycles. The highest BCUT2D eigenvalue weighted by molar-refractivity contribution is 4.99. The molecule has 4 unspecified atom stereocenters. The van der Waals surface area contributed by atoms with Crippen LogP contribution in [-0.4, -0.2) is 63.1 Å². The van der Waals surface area contributed by atoms with E-state index in [1.54, 1.807) is 0 Å². The predicted molar refractivity (Wildman–Crippen MR) is 117 cm³/mol. The fraction of sp³-hybridized carbons (Fsp3) is 1.00. The zero-order chi connectivity index (χ0) is 21.0. The van der Waals surface area contributed by atoms with Crippen LogP contribution in [-0.2, 0) is 23.7 Å². The van der Waals surface area contributed by atoms with Crippen LogP contribution in [0.5, 0.6) is 0 Å². The Hall–Kier alpha value is -0.200. The minimum Gasteiger partial charge on any atom is -0.381 e. The standard InChI is InChI=1S/C24H46O5/c1-5-23(21(3)28-23)19-26-17-13-9-7-11-15-25-16-12-8-10-14-18-27-20-24(6-2)22(4)29-24/h21-22H,5-20H2,1-4H3. The van der Waals surface area contributed by atoms with Gasteiger partial charge in [0.25, 0.3) is 0 Å². The topological polar surface area (TPSA) is 52.8 Å². The van der Waals surface area contributed by atoms with Crippen molar-refractivity contribution in [3.63, 3.8) is 0 Å². The van der Waals surface area contributed by atoms with Crippen molar-refractivity contribution in [2.24, 2.45) is 0 Å². The summed E-state index contributed by atoms with van der Waals surface area (Å²) in [6.45, 7) is 13.6. The number of hydrogen-bond donors (Lipinski definition) is 0. The molecule has 0 amide bonds. The molecular formula is C24H46O5. The van der Waals surface area contributed by atoms with E-state index < -0.39 is 0 Å². The summed E-state index contributed by atoms with van der Waals surface area (Å²) in [6.07, 6.45) is 12.4. The molecule has 0 spiro atoms. The maximum atomic E-state index is 5.79. The molecule has 0 saturated carbocycles. The highest BCUT2D eigenvalue weighted by Gasteiger charge is 2.52. The largest absolute Gasteiger partial charge is 0.381 e. The maximum absolute atomic E-state index is 5.79. The van der Waals surface area contributed by atoms with Gasteiger partial charge in [-0.25, -0.2) is 0 Å². The molecule has 0 aromatic rings. The van der Waals surface area contributed by atoms with E-state index in [4.69, 9.17) is 23.7 Å². The van der Waals surface area contributed by atoms with Gasteiger partial charge in [-0.1, -0.05) is 39.5 Å². The molecule has 2 rings (SSSR count). The highest BCUT2D eigenvalue weighted by atomic mass is 16.6. The molecule has 2 aliphatic rings. The first-order chi connectivity index (χ1) is 14.1. The Balaban J connectivity index is 1.23. The lowest BCUT2D eigenvalue weighted by Gasteiger charge is -2.10. The summed E-state index contributed by atoms with van der Waals surface area (Å²) in [4.78, 5) is 0. The molecule has 0 N–H and O–H groups in total. The minimum atomic E-state index is 0.0308. The lowest BCUT2D eigenvalue weighted by atomic mass is 10.0. The van der Waals surface area contributed by atoms with E-state index in [1.807, 2.05) is 0 Å². The summed E-state index contributed by atoms with van der Waals surface area (Å²) in [7, 11) is 0. The molecule has 2 saturated heterocycles. The Labute approximate surface area is 179 Å². The lowest BCUT2D eigenvalue weighted by Crippen LogP contribution is -2.21. The molecule has 0 aromatic heterocycles. The van der Waals surface area contributed by atoms with Gasteiger partial charge in [0.05, 0.1) is 25.4 Å². The summed E-state index contributed by atoms with van der Waals surface area (Å²) in [5.74, 6) is 0. The van der Waals surface area contributed by atoms with Gasteiger partial charge in [-0.3, -0.25) is 0 Å². The number of unbranched alkanes of at least 4 members (excludes halogenated alkanes) is 6. The zero-order valence-electron chi connectivity index (χ0n) is 19.5. The van der Waals surface area contributed by atoms with Crippen molar-refractivity contribution >= 4 is 0 Å². The van der Waals surface area contributed by atoms with Crippen molar-refractivity contribution in [2.45, 2.75) is 115 Å². The zero-order valence-corrected chi connectivity index (χ0v) is 19.5. The van der Waals surface area contributed by atoms with Crippen LogP contribution in [0.1, 0.15) is 91.9 Å². The molecule has 5 nitrogen and oxygen atoms in total. The molecule has 0 radical (unpaired) electrons. The molecule has 0 aromatic carbocycles. The van der Waals surface area contributed by atoms with Crippen molar-refractivity contribution in [3.8, 4) is 0 Å². The third kappa shape index (κ3) is 8.82. The molecule has 2 fully saturated rings. The van der Waals surface area contributed by atoms with Gasteiger partial charge < -0.3 is 23.7 Å². The lowest BCUT2D eigenvalue weighted by molar-refractivity contribution is 0.0727. The first kappa shape index (κ1) is 25.1. The maximum Gasteiger partial charge on any atom is 0.117 e. The van der Waals surface area contributed by atoms with E-state index in [9.17, 15) is 0 Å². The monoisotopic (exact) mass is 414 g/mol. The molecule has 5 heteroatoms. The first-order valence-corrected chi connectivity index (χ1v) is 12.2.